The first-order chi connectivity index (χ1) is 9.22. The molecule has 19 heavy (non-hydrogen) atoms. The summed E-state index contributed by atoms with van der Waals surface area (Å²) < 4.78 is 20.6. The summed E-state index contributed by atoms with van der Waals surface area (Å²) in [6.07, 6.45) is 1.45. The molecule has 1 heterocycles. The van der Waals surface area contributed by atoms with Crippen molar-refractivity contribution in [1.29, 1.82) is 0 Å². The van der Waals surface area contributed by atoms with Gasteiger partial charge in [0.2, 0.25) is 5.78 Å². The molecule has 0 atom stereocenters. The molecule has 0 aliphatic rings. The van der Waals surface area contributed by atoms with E-state index in [1.54, 1.807) is 44.6 Å². The first kappa shape index (κ1) is 13.0. The van der Waals surface area contributed by atoms with Crippen molar-refractivity contribution in [2.75, 3.05) is 20.8 Å². The second-order valence-electron chi connectivity index (χ2n) is 3.74. The summed E-state index contributed by atoms with van der Waals surface area (Å²) in [6, 6.07) is 8.33. The molecule has 0 unspecified atom stereocenters. The van der Waals surface area contributed by atoms with E-state index in [2.05, 4.69) is 0 Å². The van der Waals surface area contributed by atoms with Crippen LogP contribution in [-0.2, 0) is 0 Å². The van der Waals surface area contributed by atoms with Gasteiger partial charge < -0.3 is 18.6 Å². The minimum Gasteiger partial charge on any atom is -0.496 e. The molecule has 5 nitrogen and oxygen atoms in total. The second kappa shape index (κ2) is 5.95. The lowest BCUT2D eigenvalue weighted by molar-refractivity contribution is 0.0893. The van der Waals surface area contributed by atoms with Gasteiger partial charge in [-0.05, 0) is 12.1 Å². The van der Waals surface area contributed by atoms with Crippen molar-refractivity contribution >= 4 is 5.78 Å². The monoisotopic (exact) mass is 262 g/mol. The third-order valence-electron chi connectivity index (χ3n) is 2.49. The Morgan fingerprint density at radius 3 is 2.26 bits per heavy atom. The number of furan rings is 1. The van der Waals surface area contributed by atoms with E-state index in [9.17, 15) is 4.79 Å². The van der Waals surface area contributed by atoms with Crippen LogP contribution in [0.3, 0.4) is 0 Å². The summed E-state index contributed by atoms with van der Waals surface area (Å²) in [6.45, 7) is -0.107. The maximum absolute atomic E-state index is 11.7. The molecule has 0 N–H and O–H groups in total. The normalized spacial score (nSPS) is 10.0. The Morgan fingerprint density at radius 2 is 1.74 bits per heavy atom. The maximum atomic E-state index is 11.7. The molecule has 0 aliphatic carbocycles. The number of ether oxygens (including phenoxy) is 3. The number of carbonyl (C=O) groups is 1. The van der Waals surface area contributed by atoms with Gasteiger partial charge >= 0.3 is 0 Å². The predicted octanol–water partition coefficient (Wildman–Crippen LogP) is 2.56. The average molecular weight is 262 g/mol. The topological polar surface area (TPSA) is 57.9 Å². The van der Waals surface area contributed by atoms with Gasteiger partial charge in [0, 0.05) is 18.2 Å². The lowest BCUT2D eigenvalue weighted by Gasteiger charge is -2.09. The summed E-state index contributed by atoms with van der Waals surface area (Å²) in [5.41, 5.74) is 0. The number of Topliss-reactive ketones (excluding diaryl/α,β-unsaturated/α-hetero) is 1. The van der Waals surface area contributed by atoms with Crippen LogP contribution in [0, 0.1) is 0 Å². The van der Waals surface area contributed by atoms with Gasteiger partial charge in [0.15, 0.2) is 12.4 Å². The molecule has 0 bridgehead atoms. The van der Waals surface area contributed by atoms with E-state index in [0.717, 1.165) is 0 Å². The minimum atomic E-state index is -0.230. The highest BCUT2D eigenvalue weighted by atomic mass is 16.5. The van der Waals surface area contributed by atoms with E-state index in [0.29, 0.717) is 17.2 Å². The largest absolute Gasteiger partial charge is 0.496 e. The predicted molar refractivity (Wildman–Crippen MR) is 68.1 cm³/mol. The molecule has 5 heteroatoms. The first-order valence-corrected chi connectivity index (χ1v) is 5.65. The maximum Gasteiger partial charge on any atom is 0.235 e. The molecule has 2 aromatic rings. The standard InChI is InChI=1S/C14H14O5/c1-16-10-6-11(17-2)8-12(7-10)19-9-13(15)14-4-3-5-18-14/h3-8H,9H2,1-2H3. The van der Waals surface area contributed by atoms with E-state index in [-0.39, 0.29) is 18.2 Å². The number of ketones is 1. The van der Waals surface area contributed by atoms with Crippen molar-refractivity contribution in [3.8, 4) is 17.2 Å². The van der Waals surface area contributed by atoms with Crippen molar-refractivity contribution < 1.29 is 23.4 Å². The molecule has 0 spiro atoms. The fraction of sp³-hybridized carbons (Fsp3) is 0.214. The quantitative estimate of drug-likeness (QED) is 0.749. The number of carbonyl (C=O) groups excluding carboxylic acids is 1. The van der Waals surface area contributed by atoms with E-state index >= 15 is 0 Å². The Hall–Kier alpha value is -2.43. The van der Waals surface area contributed by atoms with Crippen LogP contribution in [0.5, 0.6) is 17.2 Å². The van der Waals surface area contributed by atoms with Gasteiger partial charge in [-0.1, -0.05) is 0 Å². The fourth-order valence-electron chi connectivity index (χ4n) is 1.52. The number of hydrogen-bond donors (Lipinski definition) is 0. The molecule has 0 fully saturated rings. The zero-order valence-electron chi connectivity index (χ0n) is 10.7. The highest BCUT2D eigenvalue weighted by Gasteiger charge is 2.10. The van der Waals surface area contributed by atoms with Crippen LogP contribution in [0.1, 0.15) is 10.6 Å². The first-order valence-electron chi connectivity index (χ1n) is 5.65. The number of methoxy groups -OCH3 is 2. The van der Waals surface area contributed by atoms with Crippen LogP contribution in [0.2, 0.25) is 0 Å². The SMILES string of the molecule is COc1cc(OC)cc(OCC(=O)c2ccco2)c1. The van der Waals surface area contributed by atoms with E-state index < -0.39 is 0 Å². The number of hydrogen-bond acceptors (Lipinski definition) is 5. The van der Waals surface area contributed by atoms with Gasteiger partial charge in [-0.25, -0.2) is 0 Å². The Balaban J connectivity index is 2.04. The minimum absolute atomic E-state index is 0.107. The van der Waals surface area contributed by atoms with Crippen LogP contribution < -0.4 is 14.2 Å². The third-order valence-corrected chi connectivity index (χ3v) is 2.49. The van der Waals surface area contributed by atoms with Crippen molar-refractivity contribution in [3.05, 3.63) is 42.4 Å². The Bertz CT molecular complexity index is 523. The third kappa shape index (κ3) is 3.28. The molecular formula is C14H14O5. The molecule has 0 radical (unpaired) electrons. The van der Waals surface area contributed by atoms with Crippen LogP contribution in [0.4, 0.5) is 0 Å². The molecular weight excluding hydrogens is 248 g/mol. The van der Waals surface area contributed by atoms with Crippen LogP contribution in [0.25, 0.3) is 0 Å². The molecule has 0 aliphatic heterocycles. The van der Waals surface area contributed by atoms with E-state index in [1.165, 1.54) is 6.26 Å². The molecule has 0 saturated heterocycles. The molecule has 100 valence electrons. The zero-order chi connectivity index (χ0) is 13.7. The summed E-state index contributed by atoms with van der Waals surface area (Å²) in [5, 5.41) is 0. The van der Waals surface area contributed by atoms with Crippen molar-refractivity contribution in [2.24, 2.45) is 0 Å². The summed E-state index contributed by atoms with van der Waals surface area (Å²) >= 11 is 0. The molecule has 0 amide bonds. The van der Waals surface area contributed by atoms with Gasteiger partial charge in [0.05, 0.1) is 20.5 Å². The van der Waals surface area contributed by atoms with Crippen molar-refractivity contribution in [1.82, 2.24) is 0 Å². The van der Waals surface area contributed by atoms with Gasteiger partial charge in [-0.15, -0.1) is 0 Å². The lowest BCUT2D eigenvalue weighted by Crippen LogP contribution is -2.10. The summed E-state index contributed by atoms with van der Waals surface area (Å²) in [5.74, 6) is 1.73. The summed E-state index contributed by atoms with van der Waals surface area (Å²) in [4.78, 5) is 11.7. The van der Waals surface area contributed by atoms with Crippen LogP contribution in [-0.4, -0.2) is 26.6 Å². The van der Waals surface area contributed by atoms with Gasteiger partial charge in [-0.2, -0.15) is 0 Å². The number of benzene rings is 1. The van der Waals surface area contributed by atoms with Gasteiger partial charge in [-0.3, -0.25) is 4.79 Å². The Kier molecular flexibility index (Phi) is 4.07. The van der Waals surface area contributed by atoms with E-state index in [1.807, 2.05) is 0 Å². The highest BCUT2D eigenvalue weighted by molar-refractivity contribution is 5.94. The van der Waals surface area contributed by atoms with Gasteiger partial charge in [0.1, 0.15) is 17.2 Å². The van der Waals surface area contributed by atoms with Crippen LogP contribution >= 0.6 is 0 Å². The number of rotatable bonds is 6. The van der Waals surface area contributed by atoms with E-state index in [4.69, 9.17) is 18.6 Å². The average Bonchev–Trinajstić information content (AvgIpc) is 2.98. The fourth-order valence-corrected chi connectivity index (χ4v) is 1.52. The second-order valence-corrected chi connectivity index (χ2v) is 3.74. The molecule has 1 aromatic carbocycles. The summed E-state index contributed by atoms with van der Waals surface area (Å²) in [7, 11) is 3.10. The zero-order valence-corrected chi connectivity index (χ0v) is 10.7. The van der Waals surface area contributed by atoms with Crippen molar-refractivity contribution in [2.45, 2.75) is 0 Å². The molecule has 2 rings (SSSR count). The molecule has 0 saturated carbocycles. The van der Waals surface area contributed by atoms with Crippen LogP contribution in [0.15, 0.2) is 41.0 Å². The molecule has 1 aromatic heterocycles. The highest BCUT2D eigenvalue weighted by Crippen LogP contribution is 2.27. The Morgan fingerprint density at radius 1 is 1.11 bits per heavy atom. The van der Waals surface area contributed by atoms with Crippen molar-refractivity contribution in [3.63, 3.8) is 0 Å². The Labute approximate surface area is 110 Å². The lowest BCUT2D eigenvalue weighted by atomic mass is 10.3. The van der Waals surface area contributed by atoms with Gasteiger partial charge in [0.25, 0.3) is 0 Å². The smallest absolute Gasteiger partial charge is 0.235 e.